The second-order valence-corrected chi connectivity index (χ2v) is 2.17. The fourth-order valence-corrected chi connectivity index (χ4v) is 0.298. The molecule has 0 heterocycles. The molecule has 0 radical (unpaired) electrons. The van der Waals surface area contributed by atoms with Crippen LogP contribution in [-0.2, 0) is 14.3 Å². The van der Waals surface area contributed by atoms with Crippen molar-refractivity contribution in [2.24, 2.45) is 0 Å². The fourth-order valence-electron chi connectivity index (χ4n) is 0.298. The average Bonchev–Trinajstić information content (AvgIpc) is 2.31. The van der Waals surface area contributed by atoms with Gasteiger partial charge < -0.3 is 9.84 Å². The first-order valence-corrected chi connectivity index (χ1v) is 4.90. The van der Waals surface area contributed by atoms with Crippen LogP contribution in [0.5, 0.6) is 0 Å². The van der Waals surface area contributed by atoms with Crippen molar-refractivity contribution in [3.63, 3.8) is 0 Å². The van der Waals surface area contributed by atoms with Crippen molar-refractivity contribution >= 4 is 29.7 Å². The van der Waals surface area contributed by atoms with E-state index in [2.05, 4.69) is 17.9 Å². The number of halogens is 1. The quantitative estimate of drug-likeness (QED) is 0.462. The number of hydrogen-bond acceptors (Lipinski definition) is 3. The molecule has 92 valence electrons. The molecular weight excluding hydrogens is 222 g/mol. The van der Waals surface area contributed by atoms with E-state index in [1.165, 1.54) is 13.0 Å². The molecule has 0 aliphatic rings. The van der Waals surface area contributed by atoms with Crippen LogP contribution in [0.1, 0.15) is 6.92 Å². The molecule has 0 atom stereocenters. The standard InChI is InChI=1S/C7H9FO2.C3H4O2.CH3.Li/c1-3-7(9)10-5-4-6(2)8;1-2-3(4)5;;/h3-4H,1,5H2,2H3;2H,1H2,(H,4,5);1H3;. The van der Waals surface area contributed by atoms with Gasteiger partial charge in [-0.2, -0.15) is 0 Å². The van der Waals surface area contributed by atoms with E-state index in [-0.39, 0.29) is 12.4 Å². The number of ether oxygens (including phenoxy) is 1. The molecule has 0 aromatic carbocycles. The third-order valence-electron chi connectivity index (χ3n) is 0.931. The van der Waals surface area contributed by atoms with Gasteiger partial charge in [0.05, 0.1) is 5.83 Å². The van der Waals surface area contributed by atoms with Gasteiger partial charge in [0, 0.05) is 12.2 Å². The Morgan fingerprint density at radius 1 is 1.35 bits per heavy atom. The third-order valence-corrected chi connectivity index (χ3v) is 0.931. The number of allylic oxidation sites excluding steroid dienone is 1. The van der Waals surface area contributed by atoms with E-state index in [1.54, 1.807) is 0 Å². The normalized spacial score (nSPS) is 8.65. The first-order valence-electron chi connectivity index (χ1n) is 4.90. The van der Waals surface area contributed by atoms with Gasteiger partial charge in [-0.1, -0.05) is 13.2 Å². The Morgan fingerprint density at radius 3 is 2.00 bits per heavy atom. The van der Waals surface area contributed by atoms with Gasteiger partial charge in [-0.25, -0.2) is 14.0 Å². The molecule has 0 aromatic heterocycles. The molecule has 0 bridgehead atoms. The van der Waals surface area contributed by atoms with Gasteiger partial charge in [-0.05, 0) is 13.0 Å². The van der Waals surface area contributed by atoms with Crippen molar-refractivity contribution in [3.05, 3.63) is 37.2 Å². The van der Waals surface area contributed by atoms with Gasteiger partial charge in [0.25, 0.3) is 0 Å². The molecule has 0 rings (SSSR count). The average molecular weight is 238 g/mol. The summed E-state index contributed by atoms with van der Waals surface area (Å²) in [7, 11) is 0. The Morgan fingerprint density at radius 2 is 1.76 bits per heavy atom. The number of carbonyl (C=O) groups excluding carboxylic acids is 1. The number of carbonyl (C=O) groups is 2. The van der Waals surface area contributed by atoms with Crippen LogP contribution in [0.4, 0.5) is 4.39 Å². The number of carboxylic acid groups (broad SMARTS) is 1. The Kier molecular flexibility index (Phi) is 21.1. The summed E-state index contributed by atoms with van der Waals surface area (Å²) in [6.45, 7) is 7.38. The Bertz CT molecular complexity index is 271. The number of aliphatic carboxylic acids is 1. The Hall–Kier alpha value is -1.31. The maximum atomic E-state index is 11.9. The van der Waals surface area contributed by atoms with E-state index >= 15 is 0 Å². The summed E-state index contributed by atoms with van der Waals surface area (Å²) in [5.41, 5.74) is 2.00. The second kappa shape index (κ2) is 17.1. The summed E-state index contributed by atoms with van der Waals surface area (Å²) in [5, 5.41) is 7.60. The molecule has 6 heteroatoms. The summed E-state index contributed by atoms with van der Waals surface area (Å²) in [6.07, 6.45) is 3.03. The number of rotatable bonds is 4. The van der Waals surface area contributed by atoms with Gasteiger partial charge in [-0.15, -0.1) is 0 Å². The third kappa shape index (κ3) is 31.3. The van der Waals surface area contributed by atoms with E-state index < -0.39 is 11.9 Å². The summed E-state index contributed by atoms with van der Waals surface area (Å²) in [5.74, 6) is -1.89. The van der Waals surface area contributed by atoms with E-state index in [0.29, 0.717) is 0 Å². The predicted molar refractivity (Wildman–Crippen MR) is 65.5 cm³/mol. The number of hydrogen-bond donors (Lipinski definition) is 1. The summed E-state index contributed by atoms with van der Waals surface area (Å²) in [6, 6.07) is 0. The van der Waals surface area contributed by atoms with Crippen molar-refractivity contribution in [2.75, 3.05) is 6.61 Å². The fraction of sp³-hybridized carbons (Fsp3) is 0.273. The zero-order valence-electron chi connectivity index (χ0n) is 10.4. The second-order valence-electron chi connectivity index (χ2n) is 2.17. The topological polar surface area (TPSA) is 63.6 Å². The SMILES string of the molecule is C=CC(=O)O.C=CC(=O)OCC=C(C)F.[Li][CH3]. The van der Waals surface area contributed by atoms with E-state index in [9.17, 15) is 14.0 Å². The van der Waals surface area contributed by atoms with Gasteiger partial charge in [0.15, 0.2) is 0 Å². The summed E-state index contributed by atoms with van der Waals surface area (Å²) >= 11 is 2.00. The Balaban J connectivity index is -0.000000236. The predicted octanol–water partition coefficient (Wildman–Crippen LogP) is 2.05. The van der Waals surface area contributed by atoms with Crippen LogP contribution in [0, 0.1) is 0 Å². The van der Waals surface area contributed by atoms with Crippen LogP contribution in [0.15, 0.2) is 37.2 Å². The number of esters is 1. The van der Waals surface area contributed by atoms with Crippen molar-refractivity contribution in [3.8, 4) is 0 Å². The van der Waals surface area contributed by atoms with Gasteiger partial charge in [0.2, 0.25) is 0 Å². The zero-order chi connectivity index (χ0) is 14.3. The molecule has 4 nitrogen and oxygen atoms in total. The zero-order valence-corrected chi connectivity index (χ0v) is 10.4. The van der Waals surface area contributed by atoms with Crippen LogP contribution in [-0.4, -0.2) is 41.4 Å². The molecule has 0 saturated carbocycles. The van der Waals surface area contributed by atoms with E-state index in [4.69, 9.17) is 5.11 Å². The molecule has 0 aliphatic carbocycles. The van der Waals surface area contributed by atoms with Crippen LogP contribution < -0.4 is 0 Å². The molecule has 0 fully saturated rings. The van der Waals surface area contributed by atoms with Crippen LogP contribution >= 0.6 is 0 Å². The molecule has 1 N–H and O–H groups in total. The molecular formula is C11H16FLiO4. The van der Waals surface area contributed by atoms with Gasteiger partial charge in [-0.3, -0.25) is 0 Å². The minimum atomic E-state index is -0.981. The van der Waals surface area contributed by atoms with Crippen molar-refractivity contribution < 1.29 is 23.8 Å². The maximum absolute atomic E-state index is 11.9. The van der Waals surface area contributed by atoms with Crippen molar-refractivity contribution in [1.29, 1.82) is 0 Å². The van der Waals surface area contributed by atoms with Crippen molar-refractivity contribution in [2.45, 2.75) is 12.5 Å². The molecule has 0 saturated heterocycles. The minimum absolute atomic E-state index is 0.0345. The molecule has 0 amide bonds. The van der Waals surface area contributed by atoms with Crippen molar-refractivity contribution in [1.82, 2.24) is 0 Å². The molecule has 0 aliphatic heterocycles. The summed E-state index contributed by atoms with van der Waals surface area (Å²) in [4.78, 5) is 19.6. The molecule has 17 heavy (non-hydrogen) atoms. The van der Waals surface area contributed by atoms with Crippen LogP contribution in [0.3, 0.4) is 0 Å². The first kappa shape index (κ1) is 21.0. The van der Waals surface area contributed by atoms with Crippen LogP contribution in [0.25, 0.3) is 0 Å². The van der Waals surface area contributed by atoms with Gasteiger partial charge in [0.1, 0.15) is 6.61 Å². The molecule has 0 aromatic rings. The first-order chi connectivity index (χ1) is 7.93. The summed E-state index contributed by atoms with van der Waals surface area (Å²) < 4.78 is 16.3. The van der Waals surface area contributed by atoms with Gasteiger partial charge >= 0.3 is 35.3 Å². The Labute approximate surface area is 110 Å². The molecule has 0 unspecified atom stereocenters. The molecule has 0 spiro atoms. The van der Waals surface area contributed by atoms with E-state index in [0.717, 1.165) is 12.2 Å². The number of carboxylic acids is 1. The monoisotopic (exact) mass is 238 g/mol. The van der Waals surface area contributed by atoms with Crippen LogP contribution in [0.2, 0.25) is 5.60 Å². The van der Waals surface area contributed by atoms with E-state index in [1.807, 2.05) is 23.3 Å².